The summed E-state index contributed by atoms with van der Waals surface area (Å²) in [4.78, 5) is 0. The minimum Gasteiger partial charge on any atom is -0.454 e. The fraction of sp³-hybridized carbons (Fsp3) is 0.400. The predicted molar refractivity (Wildman–Crippen MR) is 74.6 cm³/mol. The molecule has 0 amide bonds. The first-order valence-corrected chi connectivity index (χ1v) is 6.81. The van der Waals surface area contributed by atoms with Crippen molar-refractivity contribution in [3.05, 3.63) is 42.2 Å². The van der Waals surface area contributed by atoms with Crippen LogP contribution in [-0.2, 0) is 0 Å². The molecule has 2 heterocycles. The first-order chi connectivity index (χ1) is 9.31. The van der Waals surface area contributed by atoms with Gasteiger partial charge in [0.15, 0.2) is 5.75 Å². The normalized spacial score (nSPS) is 19.3. The zero-order chi connectivity index (χ0) is 13.1. The summed E-state index contributed by atoms with van der Waals surface area (Å²) >= 11 is 0. The van der Waals surface area contributed by atoms with Crippen molar-refractivity contribution in [2.24, 2.45) is 0 Å². The molecule has 100 valence electrons. The highest BCUT2D eigenvalue weighted by molar-refractivity contribution is 5.31. The summed E-state index contributed by atoms with van der Waals surface area (Å²) in [5, 5.41) is 7.81. The van der Waals surface area contributed by atoms with Crippen LogP contribution in [0.3, 0.4) is 0 Å². The quantitative estimate of drug-likeness (QED) is 0.919. The van der Waals surface area contributed by atoms with Crippen LogP contribution in [-0.4, -0.2) is 22.9 Å². The summed E-state index contributed by atoms with van der Waals surface area (Å²) < 4.78 is 7.84. The van der Waals surface area contributed by atoms with Crippen LogP contribution < -0.4 is 10.1 Å². The molecule has 1 N–H and O–H groups in total. The predicted octanol–water partition coefficient (Wildman–Crippen LogP) is 2.91. The first-order valence-electron chi connectivity index (χ1n) is 6.81. The highest BCUT2D eigenvalue weighted by atomic mass is 16.5. The number of nitrogens with one attached hydrogen (secondary N) is 1. The molecule has 2 aromatic rings. The van der Waals surface area contributed by atoms with E-state index in [2.05, 4.69) is 23.4 Å². The van der Waals surface area contributed by atoms with Crippen molar-refractivity contribution in [3.8, 4) is 11.5 Å². The van der Waals surface area contributed by atoms with E-state index in [-0.39, 0.29) is 0 Å². The topological polar surface area (TPSA) is 39.1 Å². The Kier molecular flexibility index (Phi) is 3.51. The van der Waals surface area contributed by atoms with Crippen LogP contribution in [0.5, 0.6) is 11.5 Å². The number of benzene rings is 1. The Morgan fingerprint density at radius 1 is 1.37 bits per heavy atom. The van der Waals surface area contributed by atoms with Gasteiger partial charge in [-0.05, 0) is 44.0 Å². The maximum atomic E-state index is 5.83. The van der Waals surface area contributed by atoms with Gasteiger partial charge in [-0.15, -0.1) is 0 Å². The number of hydrogen-bond donors (Lipinski definition) is 1. The van der Waals surface area contributed by atoms with E-state index in [9.17, 15) is 0 Å². The van der Waals surface area contributed by atoms with Crippen LogP contribution in [0.15, 0.2) is 36.7 Å². The molecule has 1 atom stereocenters. The maximum absolute atomic E-state index is 5.83. The molecule has 3 rings (SSSR count). The largest absolute Gasteiger partial charge is 0.454 e. The Bertz CT molecular complexity index is 544. The fourth-order valence-corrected chi connectivity index (χ4v) is 2.45. The second-order valence-electron chi connectivity index (χ2n) is 5.07. The summed E-state index contributed by atoms with van der Waals surface area (Å²) in [6.07, 6.45) is 6.16. The van der Waals surface area contributed by atoms with Gasteiger partial charge >= 0.3 is 0 Å². The van der Waals surface area contributed by atoms with Crippen molar-refractivity contribution in [2.75, 3.05) is 13.1 Å². The third-order valence-corrected chi connectivity index (χ3v) is 3.45. The Hall–Kier alpha value is -1.81. The number of nitrogens with zero attached hydrogens (tertiary/aromatic N) is 2. The van der Waals surface area contributed by atoms with E-state index in [1.54, 1.807) is 6.20 Å². The molecule has 4 nitrogen and oxygen atoms in total. The van der Waals surface area contributed by atoms with Crippen molar-refractivity contribution in [2.45, 2.75) is 25.8 Å². The van der Waals surface area contributed by atoms with Gasteiger partial charge in [0.1, 0.15) is 5.75 Å². The van der Waals surface area contributed by atoms with Crippen LogP contribution in [0.2, 0.25) is 0 Å². The van der Waals surface area contributed by atoms with Crippen LogP contribution in [0.4, 0.5) is 0 Å². The van der Waals surface area contributed by atoms with Gasteiger partial charge in [-0.2, -0.15) is 5.10 Å². The van der Waals surface area contributed by atoms with Gasteiger partial charge in [-0.25, -0.2) is 0 Å². The Morgan fingerprint density at radius 2 is 2.32 bits per heavy atom. The van der Waals surface area contributed by atoms with Crippen LogP contribution in [0, 0.1) is 6.92 Å². The average Bonchev–Trinajstić information content (AvgIpc) is 2.88. The van der Waals surface area contributed by atoms with Crippen LogP contribution >= 0.6 is 0 Å². The van der Waals surface area contributed by atoms with E-state index in [1.165, 1.54) is 18.4 Å². The molecular weight excluding hydrogens is 238 g/mol. The monoisotopic (exact) mass is 257 g/mol. The summed E-state index contributed by atoms with van der Waals surface area (Å²) in [7, 11) is 0. The molecule has 0 radical (unpaired) electrons. The summed E-state index contributed by atoms with van der Waals surface area (Å²) in [5.41, 5.74) is 1.20. The number of aryl methyl sites for hydroxylation is 1. The molecule has 19 heavy (non-hydrogen) atoms. The van der Waals surface area contributed by atoms with Gasteiger partial charge in [-0.1, -0.05) is 12.1 Å². The van der Waals surface area contributed by atoms with E-state index in [0.29, 0.717) is 6.04 Å². The Labute approximate surface area is 113 Å². The lowest BCUT2D eigenvalue weighted by molar-refractivity contribution is 0.345. The minimum absolute atomic E-state index is 0.448. The van der Waals surface area contributed by atoms with E-state index < -0.39 is 0 Å². The van der Waals surface area contributed by atoms with Crippen molar-refractivity contribution in [1.29, 1.82) is 0 Å². The molecule has 1 fully saturated rings. The fourth-order valence-electron chi connectivity index (χ4n) is 2.45. The number of rotatable bonds is 3. The van der Waals surface area contributed by atoms with Gasteiger partial charge in [0.2, 0.25) is 0 Å². The molecule has 4 heteroatoms. The van der Waals surface area contributed by atoms with Crippen molar-refractivity contribution < 1.29 is 4.74 Å². The summed E-state index contributed by atoms with van der Waals surface area (Å²) in [6, 6.07) is 8.50. The number of piperidine rings is 1. The molecule has 0 aliphatic carbocycles. The first kappa shape index (κ1) is 12.2. The average molecular weight is 257 g/mol. The maximum Gasteiger partial charge on any atom is 0.165 e. The lowest BCUT2D eigenvalue weighted by atomic mass is 10.1. The third-order valence-electron chi connectivity index (χ3n) is 3.45. The van der Waals surface area contributed by atoms with Crippen LogP contribution in [0.25, 0.3) is 0 Å². The Balaban J connectivity index is 1.70. The molecule has 0 saturated carbocycles. The summed E-state index contributed by atoms with van der Waals surface area (Å²) in [6.45, 7) is 4.17. The number of aromatic nitrogens is 2. The van der Waals surface area contributed by atoms with E-state index in [1.807, 2.05) is 29.1 Å². The van der Waals surface area contributed by atoms with Gasteiger partial charge in [0.05, 0.1) is 18.4 Å². The zero-order valence-corrected chi connectivity index (χ0v) is 11.2. The van der Waals surface area contributed by atoms with Crippen molar-refractivity contribution in [1.82, 2.24) is 15.1 Å². The lowest BCUT2D eigenvalue weighted by Gasteiger charge is -2.22. The number of hydrogen-bond acceptors (Lipinski definition) is 3. The van der Waals surface area contributed by atoms with Crippen molar-refractivity contribution in [3.63, 3.8) is 0 Å². The van der Waals surface area contributed by atoms with Crippen LogP contribution in [0.1, 0.15) is 24.4 Å². The molecule has 1 saturated heterocycles. The zero-order valence-electron chi connectivity index (χ0n) is 11.2. The molecular formula is C15H19N3O. The third kappa shape index (κ3) is 2.96. The molecule has 0 spiro atoms. The minimum atomic E-state index is 0.448. The van der Waals surface area contributed by atoms with E-state index in [0.717, 1.165) is 24.6 Å². The Morgan fingerprint density at radius 3 is 3.11 bits per heavy atom. The smallest absolute Gasteiger partial charge is 0.165 e. The molecule has 1 unspecified atom stereocenters. The van der Waals surface area contributed by atoms with E-state index in [4.69, 9.17) is 4.74 Å². The molecule has 1 aliphatic heterocycles. The molecule has 1 aliphatic rings. The lowest BCUT2D eigenvalue weighted by Crippen LogP contribution is -2.31. The van der Waals surface area contributed by atoms with Gasteiger partial charge < -0.3 is 10.1 Å². The van der Waals surface area contributed by atoms with Gasteiger partial charge in [0, 0.05) is 6.54 Å². The molecule has 1 aromatic heterocycles. The summed E-state index contributed by atoms with van der Waals surface area (Å²) in [5.74, 6) is 1.66. The van der Waals surface area contributed by atoms with E-state index >= 15 is 0 Å². The molecule has 0 bridgehead atoms. The number of ether oxygens (including phenoxy) is 1. The second kappa shape index (κ2) is 5.45. The standard InChI is InChI=1S/C15H19N3O/c1-12-4-2-6-14(8-12)19-15-10-17-18(11-15)13-5-3-7-16-9-13/h2,4,6,8,10-11,13,16H,3,5,7,9H2,1H3. The van der Waals surface area contributed by atoms with Gasteiger partial charge in [-0.3, -0.25) is 4.68 Å². The highest BCUT2D eigenvalue weighted by Gasteiger charge is 2.15. The van der Waals surface area contributed by atoms with Gasteiger partial charge in [0.25, 0.3) is 0 Å². The highest BCUT2D eigenvalue weighted by Crippen LogP contribution is 2.24. The molecule has 1 aromatic carbocycles. The van der Waals surface area contributed by atoms with Crippen molar-refractivity contribution >= 4 is 0 Å². The SMILES string of the molecule is Cc1cccc(Oc2cnn(C3CCCNC3)c2)c1. The second-order valence-corrected chi connectivity index (χ2v) is 5.07.